The van der Waals surface area contributed by atoms with E-state index in [4.69, 9.17) is 9.47 Å². The number of carbonyl (C=O) groups is 1. The number of ether oxygens (including phenoxy) is 2. The number of hydrogen-bond donors (Lipinski definition) is 1. The van der Waals surface area contributed by atoms with Gasteiger partial charge in [0.25, 0.3) is 5.91 Å². The zero-order valence-electron chi connectivity index (χ0n) is 17.0. The van der Waals surface area contributed by atoms with Crippen LogP contribution in [-0.4, -0.2) is 45.0 Å². The summed E-state index contributed by atoms with van der Waals surface area (Å²) in [4.78, 5) is 14.6. The number of hydrogen-bond acceptors (Lipinski definition) is 5. The van der Waals surface area contributed by atoms with E-state index in [1.807, 2.05) is 36.1 Å². The van der Waals surface area contributed by atoms with E-state index in [2.05, 4.69) is 4.72 Å². The number of nitrogens with one attached hydrogen (secondary N) is 1. The zero-order chi connectivity index (χ0) is 21.1. The van der Waals surface area contributed by atoms with Crippen LogP contribution in [0.25, 0.3) is 0 Å². The Hall–Kier alpha value is -2.58. The second-order valence-electron chi connectivity index (χ2n) is 7.66. The first-order chi connectivity index (χ1) is 14.4. The smallest absolute Gasteiger partial charge is 0.267 e. The van der Waals surface area contributed by atoms with Gasteiger partial charge in [-0.2, -0.15) is 0 Å². The molecule has 0 unspecified atom stereocenters. The van der Waals surface area contributed by atoms with Gasteiger partial charge < -0.3 is 14.4 Å². The SMILES string of the molecule is Cc1ccccc1CNS(=O)(=O)c1ccc2c(c1)OC[C@H](C(=O)N1CCCCC1)O2. The van der Waals surface area contributed by atoms with Gasteiger partial charge in [0, 0.05) is 25.7 Å². The van der Waals surface area contributed by atoms with Crippen molar-refractivity contribution in [2.75, 3.05) is 19.7 Å². The van der Waals surface area contributed by atoms with E-state index in [9.17, 15) is 13.2 Å². The Morgan fingerprint density at radius 2 is 1.87 bits per heavy atom. The molecule has 1 atom stereocenters. The van der Waals surface area contributed by atoms with E-state index in [0.717, 1.165) is 43.5 Å². The standard InChI is InChI=1S/C22H26N2O5S/c1-16-7-3-4-8-17(16)14-23-30(26,27)18-9-10-19-20(13-18)28-15-21(29-19)22(25)24-11-5-2-6-12-24/h3-4,7-10,13,21,23H,2,5-6,11-12,14-15H2,1H3/t21-/m1/s1. The lowest BCUT2D eigenvalue weighted by Crippen LogP contribution is -2.48. The summed E-state index contributed by atoms with van der Waals surface area (Å²) >= 11 is 0. The molecule has 30 heavy (non-hydrogen) atoms. The van der Waals surface area contributed by atoms with Crippen LogP contribution in [0.5, 0.6) is 11.5 Å². The number of aryl methyl sites for hydroxylation is 1. The van der Waals surface area contributed by atoms with Gasteiger partial charge in [0.1, 0.15) is 6.61 Å². The fourth-order valence-electron chi connectivity index (χ4n) is 3.72. The third kappa shape index (κ3) is 4.44. The van der Waals surface area contributed by atoms with Crippen molar-refractivity contribution in [1.29, 1.82) is 0 Å². The minimum atomic E-state index is -3.72. The second-order valence-corrected chi connectivity index (χ2v) is 9.43. The summed E-state index contributed by atoms with van der Waals surface area (Å²) in [7, 11) is -3.72. The Kier molecular flexibility index (Phi) is 5.97. The van der Waals surface area contributed by atoms with Crippen LogP contribution in [0, 0.1) is 6.92 Å². The molecule has 0 aliphatic carbocycles. The highest BCUT2D eigenvalue weighted by Gasteiger charge is 2.32. The van der Waals surface area contributed by atoms with E-state index < -0.39 is 16.1 Å². The number of nitrogens with zero attached hydrogens (tertiary/aromatic N) is 1. The molecule has 1 amide bonds. The van der Waals surface area contributed by atoms with Crippen LogP contribution in [0.3, 0.4) is 0 Å². The molecule has 2 aromatic rings. The molecule has 2 aliphatic rings. The first-order valence-electron chi connectivity index (χ1n) is 10.2. The lowest BCUT2D eigenvalue weighted by Gasteiger charge is -2.32. The number of amides is 1. The molecule has 1 N–H and O–H groups in total. The molecule has 1 fully saturated rings. The van der Waals surface area contributed by atoms with Crippen LogP contribution in [0.1, 0.15) is 30.4 Å². The predicted molar refractivity (Wildman–Crippen MR) is 112 cm³/mol. The average Bonchev–Trinajstić information content (AvgIpc) is 2.78. The second kappa shape index (κ2) is 8.65. The summed E-state index contributed by atoms with van der Waals surface area (Å²) in [6.07, 6.45) is 2.46. The Labute approximate surface area is 177 Å². The third-order valence-corrected chi connectivity index (χ3v) is 6.94. The Balaban J connectivity index is 1.44. The highest BCUT2D eigenvalue weighted by atomic mass is 32.2. The van der Waals surface area contributed by atoms with Crippen LogP contribution < -0.4 is 14.2 Å². The molecular weight excluding hydrogens is 404 g/mol. The summed E-state index contributed by atoms with van der Waals surface area (Å²) in [6, 6.07) is 12.1. The van der Waals surface area contributed by atoms with Crippen molar-refractivity contribution in [2.45, 2.75) is 43.7 Å². The molecule has 0 spiro atoms. The monoisotopic (exact) mass is 430 g/mol. The molecular formula is C22H26N2O5S. The predicted octanol–water partition coefficient (Wildman–Crippen LogP) is 2.63. The average molecular weight is 431 g/mol. The molecule has 2 aliphatic heterocycles. The van der Waals surface area contributed by atoms with Crippen molar-refractivity contribution in [2.24, 2.45) is 0 Å². The molecule has 2 heterocycles. The molecule has 2 aromatic carbocycles. The van der Waals surface area contributed by atoms with E-state index in [1.165, 1.54) is 12.1 Å². The summed E-state index contributed by atoms with van der Waals surface area (Å²) in [5, 5.41) is 0. The van der Waals surface area contributed by atoms with Crippen molar-refractivity contribution in [3.63, 3.8) is 0 Å². The van der Waals surface area contributed by atoms with Gasteiger partial charge in [-0.05, 0) is 49.4 Å². The number of benzene rings is 2. The molecule has 8 heteroatoms. The number of likely N-dealkylation sites (tertiary alicyclic amines) is 1. The topological polar surface area (TPSA) is 84.9 Å². The number of piperidine rings is 1. The van der Waals surface area contributed by atoms with Crippen LogP contribution in [-0.2, 0) is 21.4 Å². The van der Waals surface area contributed by atoms with Gasteiger partial charge in [-0.15, -0.1) is 0 Å². The van der Waals surface area contributed by atoms with Gasteiger partial charge in [0.15, 0.2) is 11.5 Å². The van der Waals surface area contributed by atoms with Gasteiger partial charge in [0.05, 0.1) is 4.90 Å². The Bertz CT molecular complexity index is 1030. The zero-order valence-corrected chi connectivity index (χ0v) is 17.8. The van der Waals surface area contributed by atoms with Gasteiger partial charge in [-0.3, -0.25) is 4.79 Å². The fourth-order valence-corrected chi connectivity index (χ4v) is 4.74. The van der Waals surface area contributed by atoms with Crippen molar-refractivity contribution >= 4 is 15.9 Å². The molecule has 7 nitrogen and oxygen atoms in total. The number of rotatable bonds is 5. The molecule has 0 aromatic heterocycles. The van der Waals surface area contributed by atoms with Crippen molar-refractivity contribution in [3.05, 3.63) is 53.6 Å². The minimum Gasteiger partial charge on any atom is -0.485 e. The highest BCUT2D eigenvalue weighted by molar-refractivity contribution is 7.89. The van der Waals surface area contributed by atoms with Crippen LogP contribution in [0.4, 0.5) is 0 Å². The van der Waals surface area contributed by atoms with Crippen molar-refractivity contribution < 1.29 is 22.7 Å². The fraction of sp³-hybridized carbons (Fsp3) is 0.409. The van der Waals surface area contributed by atoms with Crippen molar-refractivity contribution in [3.8, 4) is 11.5 Å². The normalized spacial score (nSPS) is 18.8. The third-order valence-electron chi connectivity index (χ3n) is 5.54. The number of fused-ring (bicyclic) bond motifs is 1. The van der Waals surface area contributed by atoms with Crippen LogP contribution >= 0.6 is 0 Å². The maximum absolute atomic E-state index is 12.7. The van der Waals surface area contributed by atoms with E-state index >= 15 is 0 Å². The number of sulfonamides is 1. The summed E-state index contributed by atoms with van der Waals surface area (Å²) < 4.78 is 39.6. The largest absolute Gasteiger partial charge is 0.485 e. The van der Waals surface area contributed by atoms with Crippen LogP contribution in [0.15, 0.2) is 47.4 Å². The summed E-state index contributed by atoms with van der Waals surface area (Å²) in [5.74, 6) is 0.642. The van der Waals surface area contributed by atoms with Crippen molar-refractivity contribution in [1.82, 2.24) is 9.62 Å². The van der Waals surface area contributed by atoms with Gasteiger partial charge in [-0.25, -0.2) is 13.1 Å². The van der Waals surface area contributed by atoms with E-state index in [1.54, 1.807) is 6.07 Å². The maximum Gasteiger partial charge on any atom is 0.267 e. The van der Waals surface area contributed by atoms with Crippen LogP contribution in [0.2, 0.25) is 0 Å². The van der Waals surface area contributed by atoms with E-state index in [0.29, 0.717) is 11.5 Å². The first-order valence-corrected chi connectivity index (χ1v) is 11.7. The summed E-state index contributed by atoms with van der Waals surface area (Å²) in [5.41, 5.74) is 1.93. The molecule has 0 saturated carbocycles. The van der Waals surface area contributed by atoms with E-state index in [-0.39, 0.29) is 24.0 Å². The molecule has 160 valence electrons. The molecule has 1 saturated heterocycles. The quantitative estimate of drug-likeness (QED) is 0.788. The Morgan fingerprint density at radius 3 is 2.63 bits per heavy atom. The molecule has 4 rings (SSSR count). The maximum atomic E-state index is 12.7. The number of carbonyl (C=O) groups excluding carboxylic acids is 1. The minimum absolute atomic E-state index is 0.0719. The molecule has 0 bridgehead atoms. The highest BCUT2D eigenvalue weighted by Crippen LogP contribution is 2.34. The molecule has 0 radical (unpaired) electrons. The first kappa shape index (κ1) is 20.7. The van der Waals surface area contributed by atoms with Gasteiger partial charge in [-0.1, -0.05) is 24.3 Å². The van der Waals surface area contributed by atoms with Gasteiger partial charge >= 0.3 is 0 Å². The Morgan fingerprint density at radius 1 is 1.10 bits per heavy atom. The van der Waals surface area contributed by atoms with Gasteiger partial charge in [0.2, 0.25) is 16.1 Å². The lowest BCUT2D eigenvalue weighted by atomic mass is 10.1. The lowest BCUT2D eigenvalue weighted by molar-refractivity contribution is -0.142. The summed E-state index contributed by atoms with van der Waals surface area (Å²) in [6.45, 7) is 3.71.